The summed E-state index contributed by atoms with van der Waals surface area (Å²) in [6.07, 6.45) is 9.28. The monoisotopic (exact) mass is 225 g/mol. The molecule has 92 valence electrons. The van der Waals surface area contributed by atoms with Crippen LogP contribution in [0.5, 0.6) is 0 Å². The number of oxime groups is 1. The molecule has 1 atom stereocenters. The highest BCUT2D eigenvalue weighted by Gasteiger charge is 2.06. The fourth-order valence-electron chi connectivity index (χ4n) is 2.04. The van der Waals surface area contributed by atoms with Gasteiger partial charge in [0.05, 0.1) is 0 Å². The summed E-state index contributed by atoms with van der Waals surface area (Å²) < 4.78 is 0. The molecule has 0 aromatic heterocycles. The normalized spacial score (nSPS) is 19.3. The average Bonchev–Trinajstić information content (AvgIpc) is 2.30. The van der Waals surface area contributed by atoms with Gasteiger partial charge in [-0.3, -0.25) is 0 Å². The van der Waals surface area contributed by atoms with Gasteiger partial charge in [0, 0.05) is 12.5 Å². The van der Waals surface area contributed by atoms with Gasteiger partial charge < -0.3 is 16.3 Å². The molecule has 0 bridgehead atoms. The van der Waals surface area contributed by atoms with Crippen LogP contribution < -0.4 is 11.1 Å². The molecule has 0 amide bonds. The van der Waals surface area contributed by atoms with Crippen molar-refractivity contribution in [1.82, 2.24) is 5.32 Å². The van der Waals surface area contributed by atoms with E-state index in [1.165, 1.54) is 25.7 Å². The van der Waals surface area contributed by atoms with Crippen molar-refractivity contribution in [3.63, 3.8) is 0 Å². The highest BCUT2D eigenvalue weighted by molar-refractivity contribution is 5.80. The van der Waals surface area contributed by atoms with Gasteiger partial charge in [-0.1, -0.05) is 16.8 Å². The van der Waals surface area contributed by atoms with Gasteiger partial charge in [-0.25, -0.2) is 0 Å². The van der Waals surface area contributed by atoms with Crippen molar-refractivity contribution in [2.45, 2.75) is 51.5 Å². The lowest BCUT2D eigenvalue weighted by atomic mass is 9.97. The molecule has 0 heterocycles. The smallest absolute Gasteiger partial charge is 0.140 e. The highest BCUT2D eigenvalue weighted by Crippen LogP contribution is 2.19. The van der Waals surface area contributed by atoms with Gasteiger partial charge in [0.2, 0.25) is 0 Å². The Morgan fingerprint density at radius 3 is 3.06 bits per heavy atom. The van der Waals surface area contributed by atoms with E-state index in [1.807, 2.05) is 6.92 Å². The predicted octanol–water partition coefficient (Wildman–Crippen LogP) is 1.99. The number of amidine groups is 1. The molecule has 0 aromatic carbocycles. The zero-order valence-electron chi connectivity index (χ0n) is 10.1. The summed E-state index contributed by atoms with van der Waals surface area (Å²) in [6.45, 7) is 3.03. The largest absolute Gasteiger partial charge is 0.409 e. The lowest BCUT2D eigenvalue weighted by Crippen LogP contribution is -2.32. The van der Waals surface area contributed by atoms with Gasteiger partial charge in [0.15, 0.2) is 0 Å². The SMILES string of the molecule is CC(CC(N)=NO)NCCC1=CCCCC1. The molecule has 0 fully saturated rings. The van der Waals surface area contributed by atoms with Crippen molar-refractivity contribution in [2.24, 2.45) is 10.9 Å². The third-order valence-corrected chi connectivity index (χ3v) is 2.97. The van der Waals surface area contributed by atoms with E-state index in [0.29, 0.717) is 6.42 Å². The minimum atomic E-state index is 0.264. The molecule has 0 radical (unpaired) electrons. The summed E-state index contributed by atoms with van der Waals surface area (Å²) in [4.78, 5) is 0. The summed E-state index contributed by atoms with van der Waals surface area (Å²) in [5.41, 5.74) is 7.02. The van der Waals surface area contributed by atoms with Crippen molar-refractivity contribution in [1.29, 1.82) is 0 Å². The fraction of sp³-hybridized carbons (Fsp3) is 0.750. The third-order valence-electron chi connectivity index (χ3n) is 2.97. The molecular weight excluding hydrogens is 202 g/mol. The second-order valence-corrected chi connectivity index (χ2v) is 4.51. The Labute approximate surface area is 97.6 Å². The lowest BCUT2D eigenvalue weighted by Gasteiger charge is -2.16. The second-order valence-electron chi connectivity index (χ2n) is 4.51. The summed E-state index contributed by atoms with van der Waals surface area (Å²) in [7, 11) is 0. The zero-order valence-corrected chi connectivity index (χ0v) is 10.1. The number of hydrogen-bond acceptors (Lipinski definition) is 3. The topological polar surface area (TPSA) is 70.6 Å². The van der Waals surface area contributed by atoms with Crippen LogP contribution in [0.3, 0.4) is 0 Å². The van der Waals surface area contributed by atoms with E-state index in [0.717, 1.165) is 13.0 Å². The summed E-state index contributed by atoms with van der Waals surface area (Å²) in [5.74, 6) is 0.289. The molecule has 1 rings (SSSR count). The van der Waals surface area contributed by atoms with Crippen molar-refractivity contribution < 1.29 is 5.21 Å². The van der Waals surface area contributed by atoms with Gasteiger partial charge in [-0.2, -0.15) is 0 Å². The number of nitrogens with two attached hydrogens (primary N) is 1. The van der Waals surface area contributed by atoms with Gasteiger partial charge in [0.1, 0.15) is 5.84 Å². The maximum Gasteiger partial charge on any atom is 0.140 e. The Balaban J connectivity index is 2.12. The van der Waals surface area contributed by atoms with Crippen molar-refractivity contribution in [3.8, 4) is 0 Å². The Kier molecular flexibility index (Phi) is 5.93. The highest BCUT2D eigenvalue weighted by atomic mass is 16.4. The Morgan fingerprint density at radius 1 is 1.62 bits per heavy atom. The van der Waals surface area contributed by atoms with Crippen LogP contribution in [0.4, 0.5) is 0 Å². The Morgan fingerprint density at radius 2 is 2.44 bits per heavy atom. The van der Waals surface area contributed by atoms with E-state index in [2.05, 4.69) is 16.5 Å². The minimum absolute atomic E-state index is 0.264. The first-order chi connectivity index (χ1) is 7.72. The molecule has 4 heteroatoms. The Hall–Kier alpha value is -1.03. The fourth-order valence-corrected chi connectivity index (χ4v) is 2.04. The maximum absolute atomic E-state index is 8.44. The first-order valence-corrected chi connectivity index (χ1v) is 6.10. The van der Waals surface area contributed by atoms with Crippen LogP contribution in [0, 0.1) is 0 Å². The summed E-state index contributed by atoms with van der Waals surface area (Å²) >= 11 is 0. The van der Waals surface area contributed by atoms with E-state index in [4.69, 9.17) is 10.9 Å². The average molecular weight is 225 g/mol. The number of hydrogen-bond donors (Lipinski definition) is 3. The summed E-state index contributed by atoms with van der Waals surface area (Å²) in [5, 5.41) is 14.8. The van der Waals surface area contributed by atoms with Crippen LogP contribution in [-0.4, -0.2) is 23.6 Å². The van der Waals surface area contributed by atoms with Crippen LogP contribution >= 0.6 is 0 Å². The molecule has 0 saturated carbocycles. The molecule has 0 spiro atoms. The Bertz CT molecular complexity index is 261. The predicted molar refractivity (Wildman–Crippen MR) is 66.7 cm³/mol. The standard InChI is InChI=1S/C12H23N3O/c1-10(9-12(13)15-16)14-8-7-11-5-3-2-4-6-11/h5,10,14,16H,2-4,6-9H2,1H3,(H2,13,15). The number of nitrogens with one attached hydrogen (secondary N) is 1. The molecular formula is C12H23N3O. The number of allylic oxidation sites excluding steroid dienone is 1. The molecule has 0 saturated heterocycles. The van der Waals surface area contributed by atoms with Crippen LogP contribution in [-0.2, 0) is 0 Å². The van der Waals surface area contributed by atoms with Crippen molar-refractivity contribution >= 4 is 5.84 Å². The molecule has 1 aliphatic rings. The molecule has 1 unspecified atom stereocenters. The van der Waals surface area contributed by atoms with Gasteiger partial charge >= 0.3 is 0 Å². The lowest BCUT2D eigenvalue weighted by molar-refractivity contribution is 0.316. The van der Waals surface area contributed by atoms with Gasteiger partial charge in [0.25, 0.3) is 0 Å². The molecule has 1 aliphatic carbocycles. The summed E-state index contributed by atoms with van der Waals surface area (Å²) in [6, 6.07) is 0.264. The molecule has 4 nitrogen and oxygen atoms in total. The number of nitrogens with zero attached hydrogens (tertiary/aromatic N) is 1. The van der Waals surface area contributed by atoms with E-state index >= 15 is 0 Å². The molecule has 16 heavy (non-hydrogen) atoms. The van der Waals surface area contributed by atoms with Gasteiger partial charge in [-0.05, 0) is 45.6 Å². The second kappa shape index (κ2) is 7.28. The van der Waals surface area contributed by atoms with Crippen LogP contribution in [0.15, 0.2) is 16.8 Å². The first-order valence-electron chi connectivity index (χ1n) is 6.10. The van der Waals surface area contributed by atoms with E-state index in [1.54, 1.807) is 5.57 Å². The minimum Gasteiger partial charge on any atom is -0.409 e. The quantitative estimate of drug-likeness (QED) is 0.213. The van der Waals surface area contributed by atoms with E-state index < -0.39 is 0 Å². The molecule has 4 N–H and O–H groups in total. The third kappa shape index (κ3) is 5.16. The number of rotatable bonds is 6. The first kappa shape index (κ1) is 13.0. The van der Waals surface area contributed by atoms with Crippen LogP contribution in [0.1, 0.15) is 45.4 Å². The van der Waals surface area contributed by atoms with Crippen molar-refractivity contribution in [2.75, 3.05) is 6.54 Å². The van der Waals surface area contributed by atoms with E-state index in [9.17, 15) is 0 Å². The molecule has 0 aromatic rings. The zero-order chi connectivity index (χ0) is 11.8. The molecule has 0 aliphatic heterocycles. The van der Waals surface area contributed by atoms with Crippen LogP contribution in [0.2, 0.25) is 0 Å². The van der Waals surface area contributed by atoms with Gasteiger partial charge in [-0.15, -0.1) is 0 Å². The van der Waals surface area contributed by atoms with E-state index in [-0.39, 0.29) is 11.9 Å². The van der Waals surface area contributed by atoms with Crippen molar-refractivity contribution in [3.05, 3.63) is 11.6 Å². The van der Waals surface area contributed by atoms with Crippen LogP contribution in [0.25, 0.3) is 0 Å². The maximum atomic E-state index is 8.44.